The molecule has 25 heavy (non-hydrogen) atoms. The van der Waals surface area contributed by atoms with Gasteiger partial charge >= 0.3 is 0 Å². The first-order valence-electron chi connectivity index (χ1n) is 8.43. The summed E-state index contributed by atoms with van der Waals surface area (Å²) in [7, 11) is -2.53. The summed E-state index contributed by atoms with van der Waals surface area (Å²) in [5.41, 5.74) is 0. The Morgan fingerprint density at radius 2 is 1.48 bits per heavy atom. The highest BCUT2D eigenvalue weighted by atomic mass is 28.4. The van der Waals surface area contributed by atoms with E-state index in [0.717, 1.165) is 6.20 Å². The third-order valence-electron chi connectivity index (χ3n) is 4.25. The van der Waals surface area contributed by atoms with Crippen molar-refractivity contribution >= 4 is 18.7 Å². The Morgan fingerprint density at radius 1 is 1.00 bits per heavy atom. The summed E-state index contributed by atoms with van der Waals surface area (Å²) in [5.74, 6) is 0. The monoisotopic (exact) mass is 355 g/mol. The standard InChI is InChI=1S/C20H25NO3Si/c1-20(2,3)25(18-12-6-4-7-13-18,19-14-8-5-9-15-19)24-17-11-10-16-21(22)23/h4-10,12-16H,11,17H2,1-3H3/b16-10+. The van der Waals surface area contributed by atoms with E-state index in [1.54, 1.807) is 6.08 Å². The van der Waals surface area contributed by atoms with Crippen LogP contribution in [0.3, 0.4) is 0 Å². The van der Waals surface area contributed by atoms with Crippen molar-refractivity contribution < 1.29 is 9.35 Å². The Balaban J connectivity index is 2.44. The van der Waals surface area contributed by atoms with Gasteiger partial charge in [0.2, 0.25) is 6.20 Å². The van der Waals surface area contributed by atoms with Crippen LogP contribution >= 0.6 is 0 Å². The highest BCUT2D eigenvalue weighted by Gasteiger charge is 2.49. The molecule has 0 amide bonds. The average molecular weight is 356 g/mol. The Labute approximate surface area is 150 Å². The molecule has 2 aromatic carbocycles. The van der Waals surface area contributed by atoms with Crippen LogP contribution in [0.15, 0.2) is 72.9 Å². The summed E-state index contributed by atoms with van der Waals surface area (Å²) in [6, 6.07) is 20.7. The molecule has 0 N–H and O–H groups in total. The molecule has 0 aliphatic heterocycles. The van der Waals surface area contributed by atoms with Crippen LogP contribution in [-0.4, -0.2) is 19.8 Å². The lowest BCUT2D eigenvalue weighted by Crippen LogP contribution is -2.66. The SMILES string of the molecule is CC(C)(C)[Si](OCC/C=C/[N+](=O)[O-])(c1ccccc1)c1ccccc1. The Kier molecular flexibility index (Phi) is 6.28. The van der Waals surface area contributed by atoms with Gasteiger partial charge in [-0.2, -0.15) is 0 Å². The molecular weight excluding hydrogens is 330 g/mol. The van der Waals surface area contributed by atoms with Crippen molar-refractivity contribution in [1.82, 2.24) is 0 Å². The molecule has 0 fully saturated rings. The topological polar surface area (TPSA) is 52.4 Å². The third kappa shape index (κ3) is 4.44. The van der Waals surface area contributed by atoms with Crippen LogP contribution in [0.4, 0.5) is 0 Å². The normalized spacial score (nSPS) is 12.4. The molecule has 2 aromatic rings. The highest BCUT2D eigenvalue weighted by Crippen LogP contribution is 2.36. The predicted molar refractivity (Wildman–Crippen MR) is 104 cm³/mol. The quantitative estimate of drug-likeness (QED) is 0.329. The third-order valence-corrected chi connectivity index (χ3v) is 9.29. The molecule has 4 nitrogen and oxygen atoms in total. The van der Waals surface area contributed by atoms with Crippen LogP contribution < -0.4 is 10.4 Å². The minimum Gasteiger partial charge on any atom is -0.407 e. The molecule has 0 saturated carbocycles. The molecule has 0 bridgehead atoms. The van der Waals surface area contributed by atoms with Gasteiger partial charge in [-0.05, 0) is 27.9 Å². The number of rotatable bonds is 7. The van der Waals surface area contributed by atoms with Gasteiger partial charge in [-0.3, -0.25) is 10.1 Å². The van der Waals surface area contributed by atoms with E-state index in [0.29, 0.717) is 13.0 Å². The van der Waals surface area contributed by atoms with Crippen molar-refractivity contribution in [2.24, 2.45) is 0 Å². The van der Waals surface area contributed by atoms with E-state index in [2.05, 4.69) is 45.0 Å². The van der Waals surface area contributed by atoms with Crippen LogP contribution in [0.2, 0.25) is 5.04 Å². The predicted octanol–water partition coefficient (Wildman–Crippen LogP) is 3.74. The van der Waals surface area contributed by atoms with Gasteiger partial charge in [0.15, 0.2) is 0 Å². The number of nitrogens with zero attached hydrogens (tertiary/aromatic N) is 1. The zero-order chi connectivity index (χ0) is 18.3. The maximum absolute atomic E-state index is 10.4. The van der Waals surface area contributed by atoms with E-state index < -0.39 is 13.2 Å². The molecule has 0 radical (unpaired) electrons. The fraction of sp³-hybridized carbons (Fsp3) is 0.300. The number of hydrogen-bond donors (Lipinski definition) is 0. The van der Waals surface area contributed by atoms with E-state index in [1.165, 1.54) is 10.4 Å². The van der Waals surface area contributed by atoms with E-state index in [1.807, 2.05) is 36.4 Å². The summed E-state index contributed by atoms with van der Waals surface area (Å²) in [5, 5.41) is 12.8. The molecule has 0 aliphatic carbocycles. The van der Waals surface area contributed by atoms with E-state index in [-0.39, 0.29) is 5.04 Å². The Hall–Kier alpha value is -2.24. The van der Waals surface area contributed by atoms with Gasteiger partial charge in [0.1, 0.15) is 0 Å². The average Bonchev–Trinajstić information content (AvgIpc) is 2.58. The van der Waals surface area contributed by atoms with Crippen LogP contribution in [0.1, 0.15) is 27.2 Å². The van der Waals surface area contributed by atoms with Gasteiger partial charge in [-0.15, -0.1) is 0 Å². The molecule has 5 heteroatoms. The molecule has 0 atom stereocenters. The largest absolute Gasteiger partial charge is 0.407 e. The van der Waals surface area contributed by atoms with Gasteiger partial charge in [0.05, 0.1) is 4.92 Å². The molecule has 0 saturated heterocycles. The number of hydrogen-bond acceptors (Lipinski definition) is 3. The second kappa shape index (κ2) is 8.23. The van der Waals surface area contributed by atoms with Gasteiger partial charge in [0, 0.05) is 6.61 Å². The van der Waals surface area contributed by atoms with E-state index in [9.17, 15) is 10.1 Å². The summed E-state index contributed by atoms with van der Waals surface area (Å²) in [6.45, 7) is 7.10. The molecule has 0 aromatic heterocycles. The minimum atomic E-state index is -2.53. The van der Waals surface area contributed by atoms with Crippen LogP contribution in [0.25, 0.3) is 0 Å². The van der Waals surface area contributed by atoms with Crippen LogP contribution in [0.5, 0.6) is 0 Å². The van der Waals surface area contributed by atoms with Crippen molar-refractivity contribution in [2.45, 2.75) is 32.2 Å². The maximum Gasteiger partial charge on any atom is 0.261 e. The first kappa shape index (κ1) is 19.1. The first-order valence-corrected chi connectivity index (χ1v) is 10.3. The molecule has 0 spiro atoms. The molecule has 0 heterocycles. The smallest absolute Gasteiger partial charge is 0.261 e. The maximum atomic E-state index is 10.4. The van der Waals surface area contributed by atoms with Crippen LogP contribution in [-0.2, 0) is 4.43 Å². The van der Waals surface area contributed by atoms with Crippen molar-refractivity contribution in [3.05, 3.63) is 83.1 Å². The van der Waals surface area contributed by atoms with Crippen molar-refractivity contribution in [3.8, 4) is 0 Å². The lowest BCUT2D eigenvalue weighted by atomic mass is 10.2. The van der Waals surface area contributed by atoms with Gasteiger partial charge in [-0.25, -0.2) is 0 Å². The minimum absolute atomic E-state index is 0.0808. The van der Waals surface area contributed by atoms with Crippen molar-refractivity contribution in [1.29, 1.82) is 0 Å². The lowest BCUT2D eigenvalue weighted by Gasteiger charge is -2.43. The van der Waals surface area contributed by atoms with Crippen LogP contribution in [0, 0.1) is 10.1 Å². The zero-order valence-corrected chi connectivity index (χ0v) is 16.0. The number of nitro groups is 1. The Bertz CT molecular complexity index is 669. The second-order valence-corrected chi connectivity index (χ2v) is 11.3. The van der Waals surface area contributed by atoms with E-state index in [4.69, 9.17) is 4.43 Å². The number of benzene rings is 2. The summed E-state index contributed by atoms with van der Waals surface area (Å²) >= 11 is 0. The van der Waals surface area contributed by atoms with Gasteiger partial charge in [0.25, 0.3) is 8.32 Å². The van der Waals surface area contributed by atoms with E-state index >= 15 is 0 Å². The molecular formula is C20H25NO3Si. The zero-order valence-electron chi connectivity index (χ0n) is 15.0. The molecule has 132 valence electrons. The Morgan fingerprint density at radius 3 is 1.88 bits per heavy atom. The van der Waals surface area contributed by atoms with Crippen molar-refractivity contribution in [3.63, 3.8) is 0 Å². The van der Waals surface area contributed by atoms with Gasteiger partial charge < -0.3 is 4.43 Å². The molecule has 2 rings (SSSR count). The molecule has 0 aliphatic rings. The lowest BCUT2D eigenvalue weighted by molar-refractivity contribution is -0.402. The fourth-order valence-electron chi connectivity index (χ4n) is 3.20. The second-order valence-electron chi connectivity index (χ2n) is 6.97. The van der Waals surface area contributed by atoms with Gasteiger partial charge in [-0.1, -0.05) is 81.4 Å². The van der Waals surface area contributed by atoms with Crippen molar-refractivity contribution in [2.75, 3.05) is 6.61 Å². The summed E-state index contributed by atoms with van der Waals surface area (Å²) in [4.78, 5) is 10.0. The summed E-state index contributed by atoms with van der Waals surface area (Å²) < 4.78 is 6.61. The highest BCUT2D eigenvalue weighted by molar-refractivity contribution is 6.99. The molecule has 0 unspecified atom stereocenters. The first-order chi connectivity index (χ1) is 11.9. The summed E-state index contributed by atoms with van der Waals surface area (Å²) in [6.07, 6.45) is 3.05. The fourth-order valence-corrected chi connectivity index (χ4v) is 7.78.